The number of halogens is 2. The van der Waals surface area contributed by atoms with Crippen molar-refractivity contribution in [2.75, 3.05) is 13.1 Å². The third-order valence-corrected chi connectivity index (χ3v) is 6.06. The van der Waals surface area contributed by atoms with Crippen molar-refractivity contribution in [1.29, 1.82) is 0 Å². The van der Waals surface area contributed by atoms with Crippen LogP contribution in [0.4, 0.5) is 5.69 Å². The predicted octanol–water partition coefficient (Wildman–Crippen LogP) is 4.69. The topological polar surface area (TPSA) is 61.8 Å². The zero-order valence-corrected chi connectivity index (χ0v) is 18.2. The van der Waals surface area contributed by atoms with Gasteiger partial charge in [0.25, 0.3) is 0 Å². The van der Waals surface area contributed by atoms with E-state index < -0.39 is 5.25 Å². The van der Waals surface area contributed by atoms with Gasteiger partial charge in [-0.05, 0) is 55.3 Å². The van der Waals surface area contributed by atoms with Crippen LogP contribution < -0.4 is 5.32 Å². The van der Waals surface area contributed by atoms with Crippen LogP contribution in [0.15, 0.2) is 53.5 Å². The van der Waals surface area contributed by atoms with E-state index in [1.54, 1.807) is 29.2 Å². The molecule has 1 aliphatic heterocycles. The molecule has 2 amide bonds. The van der Waals surface area contributed by atoms with Gasteiger partial charge in [0.15, 0.2) is 5.17 Å². The van der Waals surface area contributed by atoms with Crippen LogP contribution in [0.1, 0.15) is 18.9 Å². The van der Waals surface area contributed by atoms with Gasteiger partial charge in [-0.1, -0.05) is 47.1 Å². The monoisotopic (exact) mass is 449 g/mol. The Morgan fingerprint density at radius 3 is 2.38 bits per heavy atom. The van der Waals surface area contributed by atoms with Crippen molar-refractivity contribution in [2.45, 2.75) is 25.0 Å². The Morgan fingerprint density at radius 1 is 1.14 bits per heavy atom. The Bertz CT molecular complexity index is 901. The first kappa shape index (κ1) is 21.7. The number of carbonyl (C=O) groups excluding carboxylic acids is 2. The molecule has 5 nitrogen and oxygen atoms in total. The number of rotatable bonds is 6. The summed E-state index contributed by atoms with van der Waals surface area (Å²) in [6.45, 7) is 2.85. The number of amidine groups is 1. The lowest BCUT2D eigenvalue weighted by molar-refractivity contribution is -0.130. The van der Waals surface area contributed by atoms with E-state index in [1.165, 1.54) is 11.8 Å². The van der Waals surface area contributed by atoms with Gasteiger partial charge in [0.05, 0.1) is 10.9 Å². The SMILES string of the molecule is CCNC(=O)C1CC(=O)N(CCc2ccc(Cl)cc2)C(=Nc2ccc(Cl)cc2)S1. The van der Waals surface area contributed by atoms with Gasteiger partial charge in [-0.3, -0.25) is 14.5 Å². The van der Waals surface area contributed by atoms with E-state index in [0.29, 0.717) is 40.4 Å². The van der Waals surface area contributed by atoms with E-state index >= 15 is 0 Å². The summed E-state index contributed by atoms with van der Waals surface area (Å²) in [5, 5.41) is 4.11. The molecule has 0 spiro atoms. The molecule has 2 aromatic rings. The highest BCUT2D eigenvalue weighted by atomic mass is 35.5. The number of nitrogens with one attached hydrogen (secondary N) is 1. The lowest BCUT2D eigenvalue weighted by atomic mass is 10.1. The van der Waals surface area contributed by atoms with Gasteiger partial charge < -0.3 is 5.32 Å². The van der Waals surface area contributed by atoms with Crippen molar-refractivity contribution in [2.24, 2.45) is 4.99 Å². The summed E-state index contributed by atoms with van der Waals surface area (Å²) in [6.07, 6.45) is 0.811. The quantitative estimate of drug-likeness (QED) is 0.695. The van der Waals surface area contributed by atoms with Crippen molar-refractivity contribution in [3.8, 4) is 0 Å². The van der Waals surface area contributed by atoms with Crippen LogP contribution in [0.3, 0.4) is 0 Å². The maximum absolute atomic E-state index is 12.9. The maximum Gasteiger partial charge on any atom is 0.234 e. The molecule has 1 heterocycles. The molecule has 152 valence electrons. The van der Waals surface area contributed by atoms with E-state index in [2.05, 4.69) is 10.3 Å². The Morgan fingerprint density at radius 2 is 1.76 bits per heavy atom. The smallest absolute Gasteiger partial charge is 0.234 e. The van der Waals surface area contributed by atoms with E-state index in [-0.39, 0.29) is 18.2 Å². The molecule has 1 unspecified atom stereocenters. The molecule has 2 aromatic carbocycles. The van der Waals surface area contributed by atoms with Gasteiger partial charge in [-0.2, -0.15) is 0 Å². The van der Waals surface area contributed by atoms with Gasteiger partial charge in [0.1, 0.15) is 0 Å². The van der Waals surface area contributed by atoms with Crippen LogP contribution in [0.5, 0.6) is 0 Å². The molecule has 0 aromatic heterocycles. The van der Waals surface area contributed by atoms with Gasteiger partial charge in [-0.15, -0.1) is 0 Å². The van der Waals surface area contributed by atoms with Crippen LogP contribution in [0.25, 0.3) is 0 Å². The second kappa shape index (κ2) is 10.1. The van der Waals surface area contributed by atoms with Crippen LogP contribution >= 0.6 is 35.0 Å². The summed E-state index contributed by atoms with van der Waals surface area (Å²) < 4.78 is 0. The first-order valence-corrected chi connectivity index (χ1v) is 10.9. The van der Waals surface area contributed by atoms with Crippen molar-refractivity contribution in [1.82, 2.24) is 10.2 Å². The number of hydrogen-bond donors (Lipinski definition) is 1. The molecule has 29 heavy (non-hydrogen) atoms. The molecule has 1 N–H and O–H groups in total. The Kier molecular flexibility index (Phi) is 7.58. The molecular weight excluding hydrogens is 429 g/mol. The summed E-state index contributed by atoms with van der Waals surface area (Å²) in [4.78, 5) is 31.5. The highest BCUT2D eigenvalue weighted by Crippen LogP contribution is 2.29. The number of benzene rings is 2. The molecule has 3 rings (SSSR count). The van der Waals surface area contributed by atoms with Crippen molar-refractivity contribution in [3.63, 3.8) is 0 Å². The van der Waals surface area contributed by atoms with Crippen molar-refractivity contribution in [3.05, 3.63) is 64.1 Å². The zero-order chi connectivity index (χ0) is 20.8. The number of carbonyl (C=O) groups is 2. The first-order chi connectivity index (χ1) is 14.0. The average molecular weight is 450 g/mol. The van der Waals surface area contributed by atoms with Crippen LogP contribution in [-0.4, -0.2) is 40.2 Å². The molecule has 1 saturated heterocycles. The highest BCUT2D eigenvalue weighted by molar-refractivity contribution is 8.15. The van der Waals surface area contributed by atoms with Gasteiger partial charge >= 0.3 is 0 Å². The minimum atomic E-state index is -0.486. The van der Waals surface area contributed by atoms with Crippen LogP contribution in [0.2, 0.25) is 10.0 Å². The fourth-order valence-corrected chi connectivity index (χ4v) is 4.27. The molecule has 8 heteroatoms. The average Bonchev–Trinajstić information content (AvgIpc) is 2.70. The Hall–Kier alpha value is -2.02. The van der Waals surface area contributed by atoms with E-state index in [4.69, 9.17) is 23.2 Å². The molecular formula is C21H21Cl2N3O2S. The number of nitrogens with zero attached hydrogens (tertiary/aromatic N) is 2. The van der Waals surface area contributed by atoms with Crippen molar-refractivity contribution < 1.29 is 9.59 Å². The third kappa shape index (κ3) is 5.98. The lowest BCUT2D eigenvalue weighted by Gasteiger charge is -2.31. The predicted molar refractivity (Wildman–Crippen MR) is 120 cm³/mol. The standard InChI is InChI=1S/C21H21Cl2N3O2S/c1-2-24-20(28)18-13-19(27)26(12-11-14-3-5-15(22)6-4-14)21(29-18)25-17-9-7-16(23)8-10-17/h3-10,18H,2,11-13H2,1H3,(H,24,28). The summed E-state index contributed by atoms with van der Waals surface area (Å²) >= 11 is 13.2. The third-order valence-electron chi connectivity index (χ3n) is 4.37. The molecule has 0 aliphatic carbocycles. The molecule has 0 saturated carbocycles. The van der Waals surface area contributed by atoms with E-state index in [1.807, 2.05) is 31.2 Å². The minimum absolute atomic E-state index is 0.110. The number of thioether (sulfide) groups is 1. The fraction of sp³-hybridized carbons (Fsp3) is 0.286. The Balaban J connectivity index is 1.82. The highest BCUT2D eigenvalue weighted by Gasteiger charge is 2.35. The second-order valence-corrected chi connectivity index (χ2v) is 8.54. The summed E-state index contributed by atoms with van der Waals surface area (Å²) in [6, 6.07) is 14.6. The maximum atomic E-state index is 12.9. The minimum Gasteiger partial charge on any atom is -0.355 e. The van der Waals surface area contributed by atoms with Gasteiger partial charge in [0, 0.05) is 29.6 Å². The number of aliphatic imine (C=N–C) groups is 1. The number of hydrogen-bond acceptors (Lipinski definition) is 4. The molecule has 1 fully saturated rings. The van der Waals surface area contributed by atoms with Gasteiger partial charge in [0.2, 0.25) is 11.8 Å². The molecule has 1 aliphatic rings. The van der Waals surface area contributed by atoms with E-state index in [9.17, 15) is 9.59 Å². The molecule has 1 atom stereocenters. The summed E-state index contributed by atoms with van der Waals surface area (Å²) in [7, 11) is 0. The zero-order valence-electron chi connectivity index (χ0n) is 15.9. The largest absolute Gasteiger partial charge is 0.355 e. The normalized spacial score (nSPS) is 18.2. The number of amides is 2. The van der Waals surface area contributed by atoms with Crippen molar-refractivity contribution >= 4 is 57.6 Å². The summed E-state index contributed by atoms with van der Waals surface area (Å²) in [5.41, 5.74) is 1.75. The van der Waals surface area contributed by atoms with Crippen LogP contribution in [0, 0.1) is 0 Å². The lowest BCUT2D eigenvalue weighted by Crippen LogP contribution is -2.47. The Labute approximate surface area is 184 Å². The van der Waals surface area contributed by atoms with Gasteiger partial charge in [-0.25, -0.2) is 4.99 Å². The van der Waals surface area contributed by atoms with Crippen LogP contribution in [-0.2, 0) is 16.0 Å². The molecule has 0 radical (unpaired) electrons. The van der Waals surface area contributed by atoms with E-state index in [0.717, 1.165) is 5.56 Å². The first-order valence-electron chi connectivity index (χ1n) is 9.29. The second-order valence-electron chi connectivity index (χ2n) is 6.50. The summed E-state index contributed by atoms with van der Waals surface area (Å²) in [5.74, 6) is -0.256. The molecule has 0 bridgehead atoms. The fourth-order valence-electron chi connectivity index (χ4n) is 2.87.